The largest absolute Gasteiger partial charge is 0.423 e. The molecule has 0 atom stereocenters. The molecule has 2 nitrogen and oxygen atoms in total. The quantitative estimate of drug-likeness (QED) is 0.398. The number of benzene rings is 2. The van der Waals surface area contributed by atoms with Gasteiger partial charge in [0.25, 0.3) is 0 Å². The predicted molar refractivity (Wildman–Crippen MR) is 102 cm³/mol. The predicted octanol–water partition coefficient (Wildman–Crippen LogP) is 5.56. The van der Waals surface area contributed by atoms with Crippen molar-refractivity contribution in [1.82, 2.24) is 0 Å². The number of hydrogen-bond acceptors (Lipinski definition) is 2. The highest BCUT2D eigenvalue weighted by atomic mass is 28.3. The second-order valence-electron chi connectivity index (χ2n) is 6.97. The monoisotopic (exact) mass is 356 g/mol. The molecular weight excluding hydrogens is 331 g/mol. The summed E-state index contributed by atoms with van der Waals surface area (Å²) in [7, 11) is -0.452. The average molecular weight is 357 g/mol. The van der Waals surface area contributed by atoms with Gasteiger partial charge in [-0.1, -0.05) is 43.6 Å². The van der Waals surface area contributed by atoms with Crippen LogP contribution in [0.5, 0.6) is 5.75 Å². The summed E-state index contributed by atoms with van der Waals surface area (Å²) in [4.78, 5) is 12.1. The molecule has 0 amide bonds. The van der Waals surface area contributed by atoms with Gasteiger partial charge < -0.3 is 4.74 Å². The first-order chi connectivity index (χ1) is 12.2. The number of ether oxygens (including phenoxy) is 1. The van der Waals surface area contributed by atoms with Crippen molar-refractivity contribution in [2.75, 3.05) is 0 Å². The molecule has 0 aliphatic carbocycles. The first kappa shape index (κ1) is 17.9. The molecule has 3 rings (SSSR count). The molecule has 0 bridgehead atoms. The van der Waals surface area contributed by atoms with Gasteiger partial charge in [-0.05, 0) is 60.7 Å². The van der Waals surface area contributed by atoms with Crippen molar-refractivity contribution in [1.29, 1.82) is 0 Å². The Bertz CT molecular complexity index is 689. The zero-order valence-electron chi connectivity index (χ0n) is 14.7. The highest BCUT2D eigenvalue weighted by Gasteiger charge is 2.22. The van der Waals surface area contributed by atoms with Crippen LogP contribution in [-0.2, 0) is 0 Å². The number of esters is 1. The van der Waals surface area contributed by atoms with Crippen molar-refractivity contribution in [2.24, 2.45) is 0 Å². The molecule has 25 heavy (non-hydrogen) atoms. The van der Waals surface area contributed by atoms with E-state index < -0.39 is 14.8 Å². The Morgan fingerprint density at radius 3 is 2.32 bits per heavy atom. The zero-order chi connectivity index (χ0) is 17.6. The van der Waals surface area contributed by atoms with E-state index in [2.05, 4.69) is 19.1 Å². The molecule has 2 aromatic carbocycles. The summed E-state index contributed by atoms with van der Waals surface area (Å²) in [5.41, 5.74) is 1.70. The fraction of sp³-hybridized carbons (Fsp3) is 0.381. The van der Waals surface area contributed by atoms with Gasteiger partial charge in [0.1, 0.15) is 11.6 Å². The van der Waals surface area contributed by atoms with Crippen LogP contribution in [0.1, 0.15) is 48.0 Å². The zero-order valence-corrected chi connectivity index (χ0v) is 15.9. The molecule has 1 fully saturated rings. The van der Waals surface area contributed by atoms with E-state index in [4.69, 9.17) is 4.74 Å². The van der Waals surface area contributed by atoms with E-state index in [1.54, 1.807) is 0 Å². The average Bonchev–Trinajstić information content (AvgIpc) is 2.64. The molecular formula is C21H25FO2Si. The molecule has 4 heteroatoms. The second-order valence-corrected chi connectivity index (χ2v) is 10.4. The molecule has 132 valence electrons. The molecule has 1 aliphatic heterocycles. The molecule has 0 radical (unpaired) electrons. The van der Waals surface area contributed by atoms with Crippen LogP contribution < -0.4 is 4.74 Å². The van der Waals surface area contributed by atoms with E-state index in [9.17, 15) is 9.18 Å². The Morgan fingerprint density at radius 1 is 1.08 bits per heavy atom. The SMILES string of the molecule is CCC[SiH]1CCC(c2ccc(OC(=O)c3ccc(F)cc3)cc2)CC1. The van der Waals surface area contributed by atoms with E-state index in [1.807, 2.05) is 12.1 Å². The molecule has 0 saturated carbocycles. The fourth-order valence-electron chi connectivity index (χ4n) is 3.75. The molecule has 1 aliphatic rings. The van der Waals surface area contributed by atoms with Crippen LogP contribution in [0.3, 0.4) is 0 Å². The minimum atomic E-state index is -0.459. The van der Waals surface area contributed by atoms with Gasteiger partial charge in [-0.3, -0.25) is 0 Å². The lowest BCUT2D eigenvalue weighted by Gasteiger charge is -2.27. The first-order valence-corrected chi connectivity index (χ1v) is 11.7. The molecule has 0 unspecified atom stereocenters. The standard InChI is InChI=1S/C21H25FO2Si/c1-2-13-25-14-11-17(12-15-25)16-5-9-20(10-6-16)24-21(23)18-3-7-19(22)8-4-18/h3-10,17,25H,2,11-15H2,1H3. The maximum atomic E-state index is 12.9. The highest BCUT2D eigenvalue weighted by molar-refractivity contribution is 6.59. The van der Waals surface area contributed by atoms with Gasteiger partial charge in [0.05, 0.1) is 5.56 Å². The van der Waals surface area contributed by atoms with Crippen LogP contribution >= 0.6 is 0 Å². The summed E-state index contributed by atoms with van der Waals surface area (Å²) in [5.74, 6) is 0.367. The summed E-state index contributed by atoms with van der Waals surface area (Å²) < 4.78 is 18.3. The number of halogens is 1. The van der Waals surface area contributed by atoms with Crippen LogP contribution in [-0.4, -0.2) is 14.8 Å². The molecule has 0 aromatic heterocycles. The fourth-order valence-corrected chi connectivity index (χ4v) is 7.18. The van der Waals surface area contributed by atoms with Crippen molar-refractivity contribution in [3.63, 3.8) is 0 Å². The topological polar surface area (TPSA) is 26.3 Å². The number of rotatable bonds is 5. The molecule has 2 aromatic rings. The lowest BCUT2D eigenvalue weighted by Crippen LogP contribution is -2.20. The summed E-state index contributed by atoms with van der Waals surface area (Å²) in [6.45, 7) is 2.30. The normalized spacial score (nSPS) is 20.2. The number of hydrogen-bond donors (Lipinski definition) is 0. The smallest absolute Gasteiger partial charge is 0.343 e. The van der Waals surface area contributed by atoms with Crippen molar-refractivity contribution < 1.29 is 13.9 Å². The van der Waals surface area contributed by atoms with E-state index in [0.29, 0.717) is 17.2 Å². The third-order valence-corrected chi connectivity index (χ3v) is 8.88. The van der Waals surface area contributed by atoms with Gasteiger partial charge in [-0.15, -0.1) is 0 Å². The van der Waals surface area contributed by atoms with Crippen molar-refractivity contribution >= 4 is 14.8 Å². The van der Waals surface area contributed by atoms with Crippen molar-refractivity contribution in [3.8, 4) is 5.75 Å². The van der Waals surface area contributed by atoms with Crippen LogP contribution in [0.2, 0.25) is 18.1 Å². The van der Waals surface area contributed by atoms with Crippen molar-refractivity contribution in [2.45, 2.75) is 50.2 Å². The number of carbonyl (C=O) groups excluding carboxylic acids is 1. The van der Waals surface area contributed by atoms with Crippen molar-refractivity contribution in [3.05, 3.63) is 65.5 Å². The summed E-state index contributed by atoms with van der Waals surface area (Å²) in [5, 5.41) is 0. The Balaban J connectivity index is 1.57. The Labute approximate surface area is 150 Å². The Hall–Kier alpha value is -1.94. The molecule has 1 heterocycles. The molecule has 0 spiro atoms. The lowest BCUT2D eigenvalue weighted by molar-refractivity contribution is 0.0734. The first-order valence-electron chi connectivity index (χ1n) is 9.23. The number of carbonyl (C=O) groups is 1. The molecule has 1 saturated heterocycles. The highest BCUT2D eigenvalue weighted by Crippen LogP contribution is 2.35. The van der Waals surface area contributed by atoms with E-state index in [1.165, 1.54) is 67.2 Å². The van der Waals surface area contributed by atoms with Crippen LogP contribution in [0.25, 0.3) is 0 Å². The maximum absolute atomic E-state index is 12.9. The minimum Gasteiger partial charge on any atom is -0.423 e. The summed E-state index contributed by atoms with van der Waals surface area (Å²) in [6, 6.07) is 17.7. The van der Waals surface area contributed by atoms with Crippen LogP contribution in [0.4, 0.5) is 4.39 Å². The van der Waals surface area contributed by atoms with E-state index in [-0.39, 0.29) is 5.82 Å². The van der Waals surface area contributed by atoms with E-state index in [0.717, 1.165) is 0 Å². The Morgan fingerprint density at radius 2 is 1.72 bits per heavy atom. The summed E-state index contributed by atoms with van der Waals surface area (Å²) >= 11 is 0. The second kappa shape index (κ2) is 8.43. The van der Waals surface area contributed by atoms with Crippen LogP contribution in [0, 0.1) is 5.82 Å². The van der Waals surface area contributed by atoms with Gasteiger partial charge in [-0.2, -0.15) is 0 Å². The lowest BCUT2D eigenvalue weighted by atomic mass is 9.93. The van der Waals surface area contributed by atoms with Gasteiger partial charge in [0.2, 0.25) is 0 Å². The third-order valence-electron chi connectivity index (χ3n) is 5.19. The van der Waals surface area contributed by atoms with E-state index >= 15 is 0 Å². The van der Waals surface area contributed by atoms with Crippen LogP contribution in [0.15, 0.2) is 48.5 Å². The van der Waals surface area contributed by atoms with Gasteiger partial charge in [-0.25, -0.2) is 9.18 Å². The van der Waals surface area contributed by atoms with Gasteiger partial charge in [0, 0.05) is 8.80 Å². The third kappa shape index (κ3) is 4.79. The molecule has 0 N–H and O–H groups in total. The van der Waals surface area contributed by atoms with Gasteiger partial charge >= 0.3 is 5.97 Å². The summed E-state index contributed by atoms with van der Waals surface area (Å²) in [6.07, 6.45) is 3.97. The Kier molecular flexibility index (Phi) is 6.03. The maximum Gasteiger partial charge on any atom is 0.343 e. The van der Waals surface area contributed by atoms with Gasteiger partial charge in [0.15, 0.2) is 0 Å². The minimum absolute atomic E-state index is 0.352.